The second-order valence-electron chi connectivity index (χ2n) is 19.1. The first-order valence-corrected chi connectivity index (χ1v) is 24.2. The monoisotopic (exact) mass is 879 g/mol. The van der Waals surface area contributed by atoms with Gasteiger partial charge >= 0.3 is 0 Å². The fraction of sp³-hybridized carbons (Fsp3) is 0.0588. The van der Waals surface area contributed by atoms with Crippen molar-refractivity contribution in [1.82, 2.24) is 0 Å². The molecule has 0 saturated carbocycles. The van der Waals surface area contributed by atoms with Crippen molar-refractivity contribution < 1.29 is 0 Å². The Labute approximate surface area is 405 Å². The zero-order chi connectivity index (χ0) is 46.1. The van der Waals surface area contributed by atoms with Crippen LogP contribution in [0, 0.1) is 0 Å². The SMILES string of the molecule is CC1(C)c2ccccc2C2(c3ccccc3-c3cc(N(c4cccc(-c5cccc6ccccc56)c4)c4ccccc4-c4ccccc4-c4ccccc4-c4ccccc4)ccc32)c2ccccc21. The van der Waals surface area contributed by atoms with E-state index in [9.17, 15) is 0 Å². The van der Waals surface area contributed by atoms with E-state index in [1.807, 2.05) is 0 Å². The highest BCUT2D eigenvalue weighted by Gasteiger charge is 2.53. The van der Waals surface area contributed by atoms with Gasteiger partial charge in [0.25, 0.3) is 0 Å². The molecule has 13 rings (SSSR count). The number of benzene rings is 11. The van der Waals surface area contributed by atoms with Gasteiger partial charge in [-0.15, -0.1) is 0 Å². The lowest BCUT2D eigenvalue weighted by Gasteiger charge is -2.46. The van der Waals surface area contributed by atoms with E-state index in [2.05, 4.69) is 280 Å². The van der Waals surface area contributed by atoms with Gasteiger partial charge in [-0.25, -0.2) is 0 Å². The number of fused-ring (bicyclic) bond motifs is 10. The summed E-state index contributed by atoms with van der Waals surface area (Å²) in [6.45, 7) is 4.78. The molecule has 2 aliphatic carbocycles. The molecule has 11 aromatic carbocycles. The summed E-state index contributed by atoms with van der Waals surface area (Å²) < 4.78 is 0. The van der Waals surface area contributed by atoms with E-state index in [1.165, 1.54) is 94.2 Å². The smallest absolute Gasteiger partial charge is 0.0719 e. The lowest BCUT2D eigenvalue weighted by molar-refractivity contribution is 0.563. The summed E-state index contributed by atoms with van der Waals surface area (Å²) >= 11 is 0. The van der Waals surface area contributed by atoms with Gasteiger partial charge in [0.1, 0.15) is 0 Å². The molecular weight excluding hydrogens is 831 g/mol. The Morgan fingerprint density at radius 2 is 0.739 bits per heavy atom. The fourth-order valence-corrected chi connectivity index (χ4v) is 12.1. The number of hydrogen-bond donors (Lipinski definition) is 0. The predicted molar refractivity (Wildman–Crippen MR) is 290 cm³/mol. The highest BCUT2D eigenvalue weighted by molar-refractivity contribution is 6.01. The van der Waals surface area contributed by atoms with Crippen LogP contribution < -0.4 is 4.90 Å². The van der Waals surface area contributed by atoms with Gasteiger partial charge in [0.2, 0.25) is 0 Å². The topological polar surface area (TPSA) is 3.24 Å². The van der Waals surface area contributed by atoms with E-state index < -0.39 is 5.41 Å². The zero-order valence-corrected chi connectivity index (χ0v) is 38.8. The Balaban J connectivity index is 1.06. The molecule has 0 heterocycles. The maximum atomic E-state index is 2.50. The van der Waals surface area contributed by atoms with E-state index in [1.54, 1.807) is 0 Å². The molecule has 1 heteroatoms. The molecule has 0 saturated heterocycles. The first kappa shape index (κ1) is 40.7. The Morgan fingerprint density at radius 3 is 1.46 bits per heavy atom. The van der Waals surface area contributed by atoms with Crippen molar-refractivity contribution in [3.05, 3.63) is 294 Å². The first-order valence-electron chi connectivity index (χ1n) is 24.2. The Morgan fingerprint density at radius 1 is 0.275 bits per heavy atom. The lowest BCUT2D eigenvalue weighted by atomic mass is 9.55. The van der Waals surface area contributed by atoms with Crippen molar-refractivity contribution >= 4 is 27.8 Å². The molecule has 0 amide bonds. The van der Waals surface area contributed by atoms with Crippen molar-refractivity contribution in [3.63, 3.8) is 0 Å². The second-order valence-corrected chi connectivity index (χ2v) is 19.1. The maximum Gasteiger partial charge on any atom is 0.0719 e. The van der Waals surface area contributed by atoms with Crippen LogP contribution in [-0.2, 0) is 10.8 Å². The molecule has 0 bridgehead atoms. The molecule has 2 aliphatic rings. The molecule has 0 atom stereocenters. The van der Waals surface area contributed by atoms with Gasteiger partial charge in [0.05, 0.1) is 11.1 Å². The Kier molecular flexibility index (Phi) is 9.49. The minimum absolute atomic E-state index is 0.163. The van der Waals surface area contributed by atoms with Gasteiger partial charge in [-0.2, -0.15) is 0 Å². The molecule has 0 fully saturated rings. The van der Waals surface area contributed by atoms with Crippen LogP contribution in [0.25, 0.3) is 66.4 Å². The van der Waals surface area contributed by atoms with Crippen LogP contribution >= 0.6 is 0 Å². The van der Waals surface area contributed by atoms with Gasteiger partial charge in [0.15, 0.2) is 0 Å². The number of nitrogens with zero attached hydrogens (tertiary/aromatic N) is 1. The number of para-hydroxylation sites is 1. The summed E-state index contributed by atoms with van der Waals surface area (Å²) in [5, 5.41) is 2.47. The van der Waals surface area contributed by atoms with Crippen LogP contribution in [0.5, 0.6) is 0 Å². The fourth-order valence-electron chi connectivity index (χ4n) is 12.1. The summed E-state index contributed by atoms with van der Waals surface area (Å²) in [4.78, 5) is 2.50. The number of hydrogen-bond acceptors (Lipinski definition) is 1. The van der Waals surface area contributed by atoms with Crippen LogP contribution in [0.15, 0.2) is 261 Å². The van der Waals surface area contributed by atoms with Gasteiger partial charge in [-0.3, -0.25) is 0 Å². The summed E-state index contributed by atoms with van der Waals surface area (Å²) in [7, 11) is 0. The molecule has 1 nitrogen and oxygen atoms in total. The third-order valence-electron chi connectivity index (χ3n) is 15.2. The molecule has 0 aliphatic heterocycles. The van der Waals surface area contributed by atoms with Gasteiger partial charge < -0.3 is 4.90 Å². The quantitative estimate of drug-likeness (QED) is 0.154. The van der Waals surface area contributed by atoms with E-state index in [-0.39, 0.29) is 5.41 Å². The van der Waals surface area contributed by atoms with Gasteiger partial charge in [-0.05, 0) is 125 Å². The molecule has 0 aromatic heterocycles. The minimum Gasteiger partial charge on any atom is -0.310 e. The molecular formula is C68H49N. The van der Waals surface area contributed by atoms with Gasteiger partial charge in [0, 0.05) is 22.4 Å². The third kappa shape index (κ3) is 6.24. The average molecular weight is 880 g/mol. The summed E-state index contributed by atoms with van der Waals surface area (Å²) in [6, 6.07) is 96.9. The van der Waals surface area contributed by atoms with Crippen LogP contribution in [0.3, 0.4) is 0 Å². The average Bonchev–Trinajstić information content (AvgIpc) is 3.71. The van der Waals surface area contributed by atoms with E-state index in [4.69, 9.17) is 0 Å². The van der Waals surface area contributed by atoms with Crippen molar-refractivity contribution in [3.8, 4) is 55.6 Å². The van der Waals surface area contributed by atoms with Crippen molar-refractivity contribution in [1.29, 1.82) is 0 Å². The maximum absolute atomic E-state index is 2.50. The van der Waals surface area contributed by atoms with Crippen LogP contribution in [0.2, 0.25) is 0 Å². The van der Waals surface area contributed by atoms with Gasteiger partial charge in [-0.1, -0.05) is 244 Å². The summed E-state index contributed by atoms with van der Waals surface area (Å²) in [5.41, 5.74) is 22.9. The highest BCUT2D eigenvalue weighted by atomic mass is 15.1. The van der Waals surface area contributed by atoms with Crippen LogP contribution in [-0.4, -0.2) is 0 Å². The van der Waals surface area contributed by atoms with Crippen LogP contribution in [0.1, 0.15) is 47.2 Å². The predicted octanol–water partition coefficient (Wildman–Crippen LogP) is 18.0. The summed E-state index contributed by atoms with van der Waals surface area (Å²) in [5.74, 6) is 0. The molecule has 11 aromatic rings. The van der Waals surface area contributed by atoms with Crippen LogP contribution in [0.4, 0.5) is 17.1 Å². The molecule has 69 heavy (non-hydrogen) atoms. The Bertz CT molecular complexity index is 3730. The zero-order valence-electron chi connectivity index (χ0n) is 38.8. The third-order valence-corrected chi connectivity index (χ3v) is 15.2. The van der Waals surface area contributed by atoms with Crippen molar-refractivity contribution in [2.24, 2.45) is 0 Å². The standard InChI is InChI=1S/C68H49N/c1-67(2)62-37-15-17-39-64(62)68(65-40-18-16-38-63(65)67)60-36-14-12-33-57(60)59-45-50(42-43-61(59)68)69(49-27-20-26-48(44-49)53-35-21-25-47-24-6-7-28-51(47)53)66-41-19-13-34-58(66)56-32-11-10-31-55(56)54-30-9-8-29-52(54)46-22-4-3-5-23-46/h3-45H,1-2H3. The Hall–Kier alpha value is -8.52. The minimum atomic E-state index is -0.477. The normalized spacial score (nSPS) is 13.6. The molecule has 0 N–H and O–H groups in total. The van der Waals surface area contributed by atoms with E-state index in [0.29, 0.717) is 0 Å². The van der Waals surface area contributed by atoms with E-state index >= 15 is 0 Å². The number of rotatable bonds is 7. The largest absolute Gasteiger partial charge is 0.310 e. The first-order chi connectivity index (χ1) is 34.0. The lowest BCUT2D eigenvalue weighted by Crippen LogP contribution is -2.40. The highest BCUT2D eigenvalue weighted by Crippen LogP contribution is 2.63. The number of anilines is 3. The molecule has 1 spiro atoms. The second kappa shape index (κ2) is 16.1. The molecule has 0 radical (unpaired) electrons. The van der Waals surface area contributed by atoms with Crippen molar-refractivity contribution in [2.75, 3.05) is 4.90 Å². The van der Waals surface area contributed by atoms with Crippen molar-refractivity contribution in [2.45, 2.75) is 24.7 Å². The molecule has 0 unspecified atom stereocenters. The van der Waals surface area contributed by atoms with E-state index in [0.717, 1.165) is 22.6 Å². The summed E-state index contributed by atoms with van der Waals surface area (Å²) in [6.07, 6.45) is 0. The molecule has 326 valence electrons.